The molecule has 0 aliphatic carbocycles. The zero-order valence-electron chi connectivity index (χ0n) is 11.5. The number of hydrogen-bond donors (Lipinski definition) is 1. The summed E-state index contributed by atoms with van der Waals surface area (Å²) < 4.78 is 0. The molecule has 5 nitrogen and oxygen atoms in total. The molecule has 3 heterocycles. The van der Waals surface area contributed by atoms with Crippen molar-refractivity contribution < 1.29 is 9.59 Å². The molecule has 19 heavy (non-hydrogen) atoms. The zero-order valence-corrected chi connectivity index (χ0v) is 12.3. The highest BCUT2D eigenvalue weighted by Crippen LogP contribution is 2.47. The van der Waals surface area contributed by atoms with E-state index in [1.165, 1.54) is 0 Å². The summed E-state index contributed by atoms with van der Waals surface area (Å²) in [6.45, 7) is 6.53. The molecule has 0 bridgehead atoms. The summed E-state index contributed by atoms with van der Waals surface area (Å²) >= 11 is 1.76. The van der Waals surface area contributed by atoms with Gasteiger partial charge in [-0.15, -0.1) is 11.8 Å². The second-order valence-corrected chi connectivity index (χ2v) is 7.41. The molecule has 1 N–H and O–H groups in total. The zero-order chi connectivity index (χ0) is 13.6. The minimum absolute atomic E-state index is 0.139. The van der Waals surface area contributed by atoms with E-state index in [-0.39, 0.29) is 22.7 Å². The Balaban J connectivity index is 1.75. The second-order valence-electron chi connectivity index (χ2n) is 5.90. The van der Waals surface area contributed by atoms with Crippen LogP contribution in [0.4, 0.5) is 0 Å². The number of hydrogen-bond acceptors (Lipinski definition) is 4. The van der Waals surface area contributed by atoms with Crippen molar-refractivity contribution in [2.24, 2.45) is 0 Å². The molecule has 3 fully saturated rings. The topological polar surface area (TPSA) is 52.7 Å². The van der Waals surface area contributed by atoms with E-state index in [1.54, 1.807) is 11.8 Å². The van der Waals surface area contributed by atoms with Crippen LogP contribution in [-0.4, -0.2) is 64.0 Å². The summed E-state index contributed by atoms with van der Waals surface area (Å²) in [7, 11) is 0. The number of amides is 2. The first-order chi connectivity index (χ1) is 9.01. The van der Waals surface area contributed by atoms with Gasteiger partial charge in [0.25, 0.3) is 0 Å². The monoisotopic (exact) mass is 283 g/mol. The van der Waals surface area contributed by atoms with Gasteiger partial charge >= 0.3 is 0 Å². The quantitative estimate of drug-likeness (QED) is 0.750. The first-order valence-corrected chi connectivity index (χ1v) is 7.98. The molecular weight excluding hydrogens is 262 g/mol. The normalized spacial score (nSPS) is 38.7. The van der Waals surface area contributed by atoms with Gasteiger partial charge in [0.2, 0.25) is 11.8 Å². The van der Waals surface area contributed by atoms with Crippen LogP contribution in [0.5, 0.6) is 0 Å². The van der Waals surface area contributed by atoms with Crippen LogP contribution in [0.2, 0.25) is 0 Å². The molecule has 3 saturated heterocycles. The summed E-state index contributed by atoms with van der Waals surface area (Å²) in [5.41, 5.74) is 0. The van der Waals surface area contributed by atoms with E-state index in [0.717, 1.165) is 31.8 Å². The van der Waals surface area contributed by atoms with Crippen molar-refractivity contribution in [1.29, 1.82) is 0 Å². The van der Waals surface area contributed by atoms with Crippen LogP contribution < -0.4 is 5.32 Å². The summed E-state index contributed by atoms with van der Waals surface area (Å²) in [4.78, 5) is 28.4. The Morgan fingerprint density at radius 2 is 2.32 bits per heavy atom. The average Bonchev–Trinajstić information content (AvgIpc) is 2.86. The van der Waals surface area contributed by atoms with Gasteiger partial charge in [-0.05, 0) is 20.3 Å². The molecule has 0 aromatic heterocycles. The standard InChI is InChI=1S/C13H21N3O2S/c1-9-7-15(6-5-14-9)12(18)10-8-19-13(2)4-3-11(17)16(10)13/h9-10,14H,3-8H2,1-2H3. The number of carbonyl (C=O) groups excluding carboxylic acids is 2. The number of piperazine rings is 1. The third-order valence-corrected chi connectivity index (χ3v) is 5.92. The first-order valence-electron chi connectivity index (χ1n) is 6.99. The summed E-state index contributed by atoms with van der Waals surface area (Å²) in [6, 6.07) is 0.0997. The summed E-state index contributed by atoms with van der Waals surface area (Å²) in [6.07, 6.45) is 1.46. The molecule has 6 heteroatoms. The van der Waals surface area contributed by atoms with Crippen LogP contribution in [0.3, 0.4) is 0 Å². The molecule has 2 amide bonds. The maximum atomic E-state index is 12.7. The third-order valence-electron chi connectivity index (χ3n) is 4.41. The number of nitrogens with one attached hydrogen (secondary N) is 1. The molecule has 0 radical (unpaired) electrons. The molecule has 0 saturated carbocycles. The lowest BCUT2D eigenvalue weighted by Crippen LogP contribution is -2.57. The highest BCUT2D eigenvalue weighted by atomic mass is 32.2. The fourth-order valence-electron chi connectivity index (χ4n) is 3.35. The lowest BCUT2D eigenvalue weighted by atomic mass is 10.1. The summed E-state index contributed by atoms with van der Waals surface area (Å²) in [5.74, 6) is 1.04. The van der Waals surface area contributed by atoms with Crippen LogP contribution >= 0.6 is 11.8 Å². The van der Waals surface area contributed by atoms with E-state index in [1.807, 2.05) is 9.80 Å². The molecule has 106 valence electrons. The Bertz CT molecular complexity index is 417. The highest BCUT2D eigenvalue weighted by molar-refractivity contribution is 8.01. The van der Waals surface area contributed by atoms with E-state index >= 15 is 0 Å². The van der Waals surface area contributed by atoms with Gasteiger partial charge in [-0.25, -0.2) is 0 Å². The van der Waals surface area contributed by atoms with Gasteiger partial charge in [0.05, 0.1) is 4.87 Å². The Morgan fingerprint density at radius 1 is 1.53 bits per heavy atom. The predicted octanol–water partition coefficient (Wildman–Crippen LogP) is 0.261. The molecule has 3 atom stereocenters. The van der Waals surface area contributed by atoms with Gasteiger partial charge in [0, 0.05) is 37.8 Å². The fourth-order valence-corrected chi connectivity index (χ4v) is 4.77. The lowest BCUT2D eigenvalue weighted by molar-refractivity contribution is -0.144. The lowest BCUT2D eigenvalue weighted by Gasteiger charge is -2.36. The summed E-state index contributed by atoms with van der Waals surface area (Å²) in [5, 5.41) is 3.34. The van der Waals surface area contributed by atoms with E-state index < -0.39 is 0 Å². The molecular formula is C13H21N3O2S. The Morgan fingerprint density at radius 3 is 3.05 bits per heavy atom. The number of nitrogens with zero attached hydrogens (tertiary/aromatic N) is 2. The van der Waals surface area contributed by atoms with Crippen molar-refractivity contribution in [2.45, 2.75) is 43.6 Å². The van der Waals surface area contributed by atoms with E-state index in [0.29, 0.717) is 12.5 Å². The molecule has 3 rings (SSSR count). The Kier molecular flexibility index (Phi) is 3.25. The largest absolute Gasteiger partial charge is 0.338 e. The third kappa shape index (κ3) is 2.14. The van der Waals surface area contributed by atoms with Crippen molar-refractivity contribution in [1.82, 2.24) is 15.1 Å². The Hall–Kier alpha value is -0.750. The van der Waals surface area contributed by atoms with Crippen molar-refractivity contribution in [3.8, 4) is 0 Å². The number of carbonyl (C=O) groups is 2. The average molecular weight is 283 g/mol. The van der Waals surface area contributed by atoms with Crippen molar-refractivity contribution in [3.63, 3.8) is 0 Å². The number of fused-ring (bicyclic) bond motifs is 1. The predicted molar refractivity (Wildman–Crippen MR) is 74.8 cm³/mol. The van der Waals surface area contributed by atoms with Crippen LogP contribution in [0.15, 0.2) is 0 Å². The van der Waals surface area contributed by atoms with Crippen LogP contribution in [0.1, 0.15) is 26.7 Å². The van der Waals surface area contributed by atoms with Gasteiger partial charge in [-0.2, -0.15) is 0 Å². The smallest absolute Gasteiger partial charge is 0.246 e. The van der Waals surface area contributed by atoms with E-state index in [9.17, 15) is 9.59 Å². The molecule has 3 unspecified atom stereocenters. The van der Waals surface area contributed by atoms with Gasteiger partial charge < -0.3 is 15.1 Å². The molecule has 0 aromatic rings. The van der Waals surface area contributed by atoms with Crippen molar-refractivity contribution >= 4 is 23.6 Å². The highest BCUT2D eigenvalue weighted by Gasteiger charge is 2.53. The van der Waals surface area contributed by atoms with Crippen molar-refractivity contribution in [2.75, 3.05) is 25.4 Å². The van der Waals surface area contributed by atoms with Crippen LogP contribution in [0.25, 0.3) is 0 Å². The van der Waals surface area contributed by atoms with Gasteiger partial charge in [0.15, 0.2) is 0 Å². The fraction of sp³-hybridized carbons (Fsp3) is 0.846. The van der Waals surface area contributed by atoms with Crippen LogP contribution in [-0.2, 0) is 9.59 Å². The maximum absolute atomic E-state index is 12.7. The van der Waals surface area contributed by atoms with E-state index in [2.05, 4.69) is 19.2 Å². The molecule has 3 aliphatic heterocycles. The first kappa shape index (κ1) is 13.2. The van der Waals surface area contributed by atoms with Gasteiger partial charge in [-0.1, -0.05) is 0 Å². The molecule has 0 spiro atoms. The van der Waals surface area contributed by atoms with Gasteiger partial charge in [-0.3, -0.25) is 9.59 Å². The Labute approximate surface area is 118 Å². The maximum Gasteiger partial charge on any atom is 0.246 e. The molecule has 0 aromatic carbocycles. The van der Waals surface area contributed by atoms with Gasteiger partial charge in [0.1, 0.15) is 6.04 Å². The SMILES string of the molecule is CC1CN(C(=O)C2CSC3(C)CCC(=O)N23)CCN1. The van der Waals surface area contributed by atoms with Crippen molar-refractivity contribution in [3.05, 3.63) is 0 Å². The van der Waals surface area contributed by atoms with E-state index in [4.69, 9.17) is 0 Å². The number of rotatable bonds is 1. The minimum Gasteiger partial charge on any atom is -0.338 e. The second kappa shape index (κ2) is 4.66. The minimum atomic E-state index is -0.240. The number of thioether (sulfide) groups is 1. The van der Waals surface area contributed by atoms with Crippen LogP contribution in [0, 0.1) is 0 Å². The molecule has 3 aliphatic rings.